The fourth-order valence-corrected chi connectivity index (χ4v) is 5.67. The van der Waals surface area contributed by atoms with E-state index in [-0.39, 0.29) is 29.2 Å². The van der Waals surface area contributed by atoms with Gasteiger partial charge in [0.2, 0.25) is 15.9 Å². The maximum absolute atomic E-state index is 13.1. The summed E-state index contributed by atoms with van der Waals surface area (Å²) >= 11 is 0. The number of carbonyl (C=O) groups is 2. The maximum atomic E-state index is 13.1. The molecule has 2 fully saturated rings. The van der Waals surface area contributed by atoms with E-state index in [9.17, 15) is 18.0 Å². The lowest BCUT2D eigenvalue weighted by atomic mass is 9.94. The van der Waals surface area contributed by atoms with Gasteiger partial charge in [-0.25, -0.2) is 8.42 Å². The van der Waals surface area contributed by atoms with Crippen LogP contribution in [0.5, 0.6) is 5.75 Å². The predicted octanol–water partition coefficient (Wildman–Crippen LogP) is 1.90. The second-order valence-corrected chi connectivity index (χ2v) is 9.69. The Hall–Kier alpha value is -2.13. The van der Waals surface area contributed by atoms with Crippen molar-refractivity contribution in [3.63, 3.8) is 0 Å². The van der Waals surface area contributed by atoms with E-state index in [2.05, 4.69) is 0 Å². The number of benzene rings is 1. The minimum Gasteiger partial charge on any atom is -0.497 e. The molecule has 9 heteroatoms. The van der Waals surface area contributed by atoms with Crippen LogP contribution in [-0.4, -0.2) is 69.4 Å². The number of sulfonamides is 1. The first-order valence-electron chi connectivity index (χ1n) is 10.5. The van der Waals surface area contributed by atoms with E-state index >= 15 is 0 Å². The van der Waals surface area contributed by atoms with Crippen LogP contribution in [0.25, 0.3) is 0 Å². The molecular weight excluding hydrogens is 408 g/mol. The first-order chi connectivity index (χ1) is 14.4. The molecule has 0 N–H and O–H groups in total. The summed E-state index contributed by atoms with van der Waals surface area (Å²) in [5.41, 5.74) is 0. The van der Waals surface area contributed by atoms with Gasteiger partial charge in [-0.3, -0.25) is 9.59 Å². The molecule has 3 rings (SSSR count). The van der Waals surface area contributed by atoms with Crippen molar-refractivity contribution in [1.82, 2.24) is 9.21 Å². The van der Waals surface area contributed by atoms with Crippen LogP contribution >= 0.6 is 0 Å². The van der Waals surface area contributed by atoms with Gasteiger partial charge in [0.25, 0.3) is 0 Å². The Morgan fingerprint density at radius 3 is 2.37 bits per heavy atom. The third-order valence-electron chi connectivity index (χ3n) is 5.78. The quantitative estimate of drug-likeness (QED) is 0.630. The van der Waals surface area contributed by atoms with E-state index in [0.717, 1.165) is 6.42 Å². The van der Waals surface area contributed by atoms with Crippen LogP contribution in [0.1, 0.15) is 32.6 Å². The van der Waals surface area contributed by atoms with E-state index in [1.165, 1.54) is 23.5 Å². The molecule has 30 heavy (non-hydrogen) atoms. The van der Waals surface area contributed by atoms with Gasteiger partial charge in [0.15, 0.2) is 0 Å². The van der Waals surface area contributed by atoms with Crippen LogP contribution < -0.4 is 4.74 Å². The highest BCUT2D eigenvalue weighted by molar-refractivity contribution is 7.89. The molecule has 2 aliphatic rings. The van der Waals surface area contributed by atoms with Crippen molar-refractivity contribution in [2.75, 3.05) is 39.9 Å². The number of hydrogen-bond acceptors (Lipinski definition) is 6. The Morgan fingerprint density at radius 1 is 1.03 bits per heavy atom. The van der Waals surface area contributed by atoms with Crippen molar-refractivity contribution in [2.24, 2.45) is 11.8 Å². The Kier molecular flexibility index (Phi) is 7.36. The number of carbonyl (C=O) groups excluding carboxylic acids is 2. The fourth-order valence-electron chi connectivity index (χ4n) is 4.15. The van der Waals surface area contributed by atoms with Crippen LogP contribution in [0.4, 0.5) is 0 Å². The number of likely N-dealkylation sites (tertiary alicyclic amines) is 1. The van der Waals surface area contributed by atoms with Gasteiger partial charge in [-0.1, -0.05) is 0 Å². The second-order valence-electron chi connectivity index (χ2n) is 7.75. The fraction of sp³-hybridized carbons (Fsp3) is 0.619. The Morgan fingerprint density at radius 2 is 1.70 bits per heavy atom. The molecule has 2 saturated heterocycles. The third kappa shape index (κ3) is 4.95. The lowest BCUT2D eigenvalue weighted by Crippen LogP contribution is -2.50. The average Bonchev–Trinajstić information content (AvgIpc) is 2.79. The number of amides is 1. The lowest BCUT2D eigenvalue weighted by molar-refractivity contribution is -0.152. The Bertz CT molecular complexity index is 855. The van der Waals surface area contributed by atoms with Crippen molar-refractivity contribution in [3.8, 4) is 5.75 Å². The molecule has 0 aromatic heterocycles. The number of ether oxygens (including phenoxy) is 2. The van der Waals surface area contributed by atoms with Crippen LogP contribution in [0, 0.1) is 11.8 Å². The number of hydrogen-bond donors (Lipinski definition) is 0. The summed E-state index contributed by atoms with van der Waals surface area (Å²) in [5, 5.41) is 0. The molecule has 2 aliphatic heterocycles. The highest BCUT2D eigenvalue weighted by Crippen LogP contribution is 2.28. The molecule has 0 aliphatic carbocycles. The molecule has 8 nitrogen and oxygen atoms in total. The first-order valence-corrected chi connectivity index (χ1v) is 11.9. The van der Waals surface area contributed by atoms with Gasteiger partial charge in [-0.05, 0) is 56.9 Å². The van der Waals surface area contributed by atoms with Gasteiger partial charge >= 0.3 is 5.97 Å². The van der Waals surface area contributed by atoms with Crippen LogP contribution in [-0.2, 0) is 24.3 Å². The van der Waals surface area contributed by atoms with Gasteiger partial charge in [0, 0.05) is 26.2 Å². The van der Waals surface area contributed by atoms with E-state index in [1.54, 1.807) is 24.0 Å². The zero-order valence-electron chi connectivity index (χ0n) is 17.6. The Labute approximate surface area is 178 Å². The zero-order chi connectivity index (χ0) is 21.7. The number of methoxy groups -OCH3 is 1. The lowest BCUT2D eigenvalue weighted by Gasteiger charge is -2.37. The molecule has 0 spiro atoms. The molecule has 1 aromatic rings. The Balaban J connectivity index is 1.67. The molecule has 2 atom stereocenters. The molecule has 166 valence electrons. The van der Waals surface area contributed by atoms with E-state index in [1.807, 2.05) is 0 Å². The van der Waals surface area contributed by atoms with Gasteiger partial charge in [0.1, 0.15) is 5.75 Å². The molecule has 0 bridgehead atoms. The molecule has 0 unspecified atom stereocenters. The van der Waals surface area contributed by atoms with Crippen molar-refractivity contribution in [1.29, 1.82) is 0 Å². The van der Waals surface area contributed by atoms with E-state index < -0.39 is 15.9 Å². The highest BCUT2D eigenvalue weighted by Gasteiger charge is 2.37. The molecule has 0 radical (unpaired) electrons. The minimum absolute atomic E-state index is 0.0707. The largest absolute Gasteiger partial charge is 0.497 e. The summed E-state index contributed by atoms with van der Waals surface area (Å²) in [6, 6.07) is 6.27. The summed E-state index contributed by atoms with van der Waals surface area (Å²) in [7, 11) is -2.16. The van der Waals surface area contributed by atoms with Crippen LogP contribution in [0.3, 0.4) is 0 Å². The van der Waals surface area contributed by atoms with Gasteiger partial charge in [-0.2, -0.15) is 4.31 Å². The topological polar surface area (TPSA) is 93.2 Å². The summed E-state index contributed by atoms with van der Waals surface area (Å²) in [5.74, 6) is -0.444. The monoisotopic (exact) mass is 438 g/mol. The predicted molar refractivity (Wildman–Crippen MR) is 110 cm³/mol. The van der Waals surface area contributed by atoms with Crippen molar-refractivity contribution < 1.29 is 27.5 Å². The molecule has 1 aromatic carbocycles. The maximum Gasteiger partial charge on any atom is 0.310 e. The van der Waals surface area contributed by atoms with Crippen molar-refractivity contribution in [3.05, 3.63) is 24.3 Å². The molecular formula is C21H30N2O6S. The average molecular weight is 439 g/mol. The van der Waals surface area contributed by atoms with Crippen molar-refractivity contribution in [2.45, 2.75) is 37.5 Å². The SMILES string of the molecule is CCOC(=O)[C@@H]1CCCN(C(=O)[C@H]2CCCN(S(=O)(=O)c3ccc(OC)cc3)C2)C1. The van der Waals surface area contributed by atoms with E-state index in [0.29, 0.717) is 51.3 Å². The normalized spacial score (nSPS) is 23.1. The highest BCUT2D eigenvalue weighted by atomic mass is 32.2. The summed E-state index contributed by atoms with van der Waals surface area (Å²) in [6.07, 6.45) is 2.73. The molecule has 1 amide bonds. The zero-order valence-corrected chi connectivity index (χ0v) is 18.4. The molecule has 2 heterocycles. The summed E-state index contributed by atoms with van der Waals surface area (Å²) in [4.78, 5) is 27.1. The van der Waals surface area contributed by atoms with Crippen molar-refractivity contribution >= 4 is 21.9 Å². The minimum atomic E-state index is -3.68. The van der Waals surface area contributed by atoms with Gasteiger partial charge in [-0.15, -0.1) is 0 Å². The molecule has 0 saturated carbocycles. The van der Waals surface area contributed by atoms with Gasteiger partial charge < -0.3 is 14.4 Å². The van der Waals surface area contributed by atoms with Gasteiger partial charge in [0.05, 0.1) is 30.4 Å². The number of nitrogens with zero attached hydrogens (tertiary/aromatic N) is 2. The smallest absolute Gasteiger partial charge is 0.310 e. The number of esters is 1. The first kappa shape index (κ1) is 22.6. The standard InChI is InChI=1S/C21H30N2O6S/c1-3-29-21(25)17-7-4-12-22(14-17)20(24)16-6-5-13-23(15-16)30(26,27)19-10-8-18(28-2)9-11-19/h8-11,16-17H,3-7,12-15H2,1-2H3/t16-,17+/m0/s1. The summed E-state index contributed by atoms with van der Waals surface area (Å²) < 4.78 is 37.7. The third-order valence-corrected chi connectivity index (χ3v) is 7.66. The van der Waals surface area contributed by atoms with E-state index in [4.69, 9.17) is 9.47 Å². The summed E-state index contributed by atoms with van der Waals surface area (Å²) in [6.45, 7) is 3.58. The van der Waals surface area contributed by atoms with Crippen LogP contribution in [0.15, 0.2) is 29.2 Å². The number of piperidine rings is 2. The second kappa shape index (κ2) is 9.78. The van der Waals surface area contributed by atoms with Crippen LogP contribution in [0.2, 0.25) is 0 Å². The number of rotatable bonds is 6.